The minimum Gasteiger partial charge on any atom is -0.465 e. The largest absolute Gasteiger partial charge is 0.465 e. The Morgan fingerprint density at radius 2 is 1.69 bits per heavy atom. The van der Waals surface area contributed by atoms with Gasteiger partial charge in [-0.3, -0.25) is 4.79 Å². The summed E-state index contributed by atoms with van der Waals surface area (Å²) in [6, 6.07) is 14.6. The number of nitrogens with one attached hydrogen (secondary N) is 1. The van der Waals surface area contributed by atoms with Crippen molar-refractivity contribution in [1.82, 2.24) is 0 Å². The molecule has 0 saturated heterocycles. The first-order valence-electron chi connectivity index (χ1n) is 7.85. The Morgan fingerprint density at radius 1 is 1.04 bits per heavy atom. The quantitative estimate of drug-likeness (QED) is 0.666. The summed E-state index contributed by atoms with van der Waals surface area (Å²) in [6.45, 7) is 1.84. The van der Waals surface area contributed by atoms with Crippen LogP contribution in [0, 0.1) is 12.7 Å². The van der Waals surface area contributed by atoms with Gasteiger partial charge in [0.15, 0.2) is 0 Å². The number of rotatable bonds is 4. The second kappa shape index (κ2) is 7.49. The smallest absolute Gasteiger partial charge is 0.341 e. The van der Waals surface area contributed by atoms with E-state index in [4.69, 9.17) is 4.74 Å². The number of ether oxygens (including phenoxy) is 1. The lowest BCUT2D eigenvalue weighted by Gasteiger charge is -2.08. The number of carbonyl (C=O) groups excluding carboxylic acids is 2. The van der Waals surface area contributed by atoms with Gasteiger partial charge in [0.25, 0.3) is 5.91 Å². The zero-order valence-electron chi connectivity index (χ0n) is 14.2. The predicted molar refractivity (Wildman–Crippen MR) is 100 cm³/mol. The fourth-order valence-electron chi connectivity index (χ4n) is 2.66. The number of hydrogen-bond donors (Lipinski definition) is 1. The lowest BCUT2D eigenvalue weighted by Crippen LogP contribution is -2.14. The molecule has 0 fully saturated rings. The summed E-state index contributed by atoms with van der Waals surface area (Å²) in [5.74, 6) is -1.24. The van der Waals surface area contributed by atoms with Gasteiger partial charge in [-0.25, -0.2) is 9.18 Å². The summed E-state index contributed by atoms with van der Waals surface area (Å²) < 4.78 is 18.2. The summed E-state index contributed by atoms with van der Waals surface area (Å²) in [6.07, 6.45) is 0. The van der Waals surface area contributed by atoms with E-state index in [9.17, 15) is 14.0 Å². The van der Waals surface area contributed by atoms with Gasteiger partial charge in [-0.1, -0.05) is 30.3 Å². The van der Waals surface area contributed by atoms with Crippen LogP contribution in [-0.4, -0.2) is 19.0 Å². The first-order valence-corrected chi connectivity index (χ1v) is 8.67. The van der Waals surface area contributed by atoms with Gasteiger partial charge >= 0.3 is 5.97 Å². The summed E-state index contributed by atoms with van der Waals surface area (Å²) >= 11 is 1.28. The van der Waals surface area contributed by atoms with E-state index in [1.165, 1.54) is 30.6 Å². The summed E-state index contributed by atoms with van der Waals surface area (Å²) in [4.78, 5) is 25.7. The predicted octanol–water partition coefficient (Wildman–Crippen LogP) is 4.90. The summed E-state index contributed by atoms with van der Waals surface area (Å²) in [7, 11) is 1.28. The van der Waals surface area contributed by atoms with Gasteiger partial charge in [0.2, 0.25) is 0 Å². The van der Waals surface area contributed by atoms with E-state index in [2.05, 4.69) is 5.32 Å². The second-order valence-electron chi connectivity index (χ2n) is 5.56. The van der Waals surface area contributed by atoms with Gasteiger partial charge in [-0.05, 0) is 36.8 Å². The van der Waals surface area contributed by atoms with E-state index in [0.29, 0.717) is 21.7 Å². The third-order valence-electron chi connectivity index (χ3n) is 3.87. The van der Waals surface area contributed by atoms with E-state index in [0.717, 1.165) is 4.88 Å². The highest BCUT2D eigenvalue weighted by atomic mass is 32.1. The van der Waals surface area contributed by atoms with Crippen LogP contribution in [0.5, 0.6) is 0 Å². The molecule has 3 aromatic rings. The Balaban J connectivity index is 2.06. The van der Waals surface area contributed by atoms with Gasteiger partial charge < -0.3 is 10.1 Å². The average molecular weight is 369 g/mol. The van der Waals surface area contributed by atoms with Crippen LogP contribution in [0.25, 0.3) is 11.1 Å². The van der Waals surface area contributed by atoms with Gasteiger partial charge in [-0.2, -0.15) is 0 Å². The lowest BCUT2D eigenvalue weighted by molar-refractivity contribution is 0.0603. The second-order valence-corrected chi connectivity index (χ2v) is 6.78. The molecule has 0 bridgehead atoms. The van der Waals surface area contributed by atoms with E-state index >= 15 is 0 Å². The topological polar surface area (TPSA) is 55.4 Å². The van der Waals surface area contributed by atoms with Crippen molar-refractivity contribution in [3.63, 3.8) is 0 Å². The molecule has 0 atom stereocenters. The maximum absolute atomic E-state index is 13.2. The molecule has 0 aliphatic rings. The van der Waals surface area contributed by atoms with Crippen molar-refractivity contribution in [1.29, 1.82) is 0 Å². The standard InChI is InChI=1S/C20H16FNO3S/c1-12-16(13-8-10-15(21)11-9-13)17(20(24)25-2)19(26-12)22-18(23)14-6-4-3-5-7-14/h3-11H,1-2H3,(H,22,23). The highest BCUT2D eigenvalue weighted by Crippen LogP contribution is 2.40. The first-order chi connectivity index (χ1) is 12.5. The van der Waals surface area contributed by atoms with Crippen LogP contribution in [0.15, 0.2) is 54.6 Å². The van der Waals surface area contributed by atoms with E-state index in [1.807, 2.05) is 13.0 Å². The highest BCUT2D eigenvalue weighted by molar-refractivity contribution is 7.17. The average Bonchev–Trinajstić information content (AvgIpc) is 2.98. The van der Waals surface area contributed by atoms with Crippen LogP contribution in [0.1, 0.15) is 25.6 Å². The molecule has 0 spiro atoms. The number of thiophene rings is 1. The molecular formula is C20H16FNO3S. The van der Waals surface area contributed by atoms with E-state index in [1.54, 1.807) is 36.4 Å². The number of anilines is 1. The van der Waals surface area contributed by atoms with Crippen molar-refractivity contribution < 1.29 is 18.7 Å². The number of aryl methyl sites for hydroxylation is 1. The van der Waals surface area contributed by atoms with Gasteiger partial charge in [0, 0.05) is 16.0 Å². The third-order valence-corrected chi connectivity index (χ3v) is 4.89. The molecule has 0 radical (unpaired) electrons. The van der Waals surface area contributed by atoms with Crippen molar-refractivity contribution in [2.24, 2.45) is 0 Å². The lowest BCUT2D eigenvalue weighted by atomic mass is 10.0. The molecule has 26 heavy (non-hydrogen) atoms. The number of esters is 1. The summed E-state index contributed by atoms with van der Waals surface area (Å²) in [5.41, 5.74) is 2.06. The van der Waals surface area contributed by atoms with Gasteiger partial charge in [0.05, 0.1) is 7.11 Å². The third kappa shape index (κ3) is 3.50. The first kappa shape index (κ1) is 17.8. The Kier molecular flexibility index (Phi) is 5.14. The molecule has 0 unspecified atom stereocenters. The van der Waals surface area contributed by atoms with Crippen LogP contribution in [0.4, 0.5) is 9.39 Å². The number of carbonyl (C=O) groups is 2. The minimum atomic E-state index is -0.558. The Hall–Kier alpha value is -2.99. The molecule has 4 nitrogen and oxygen atoms in total. The van der Waals surface area contributed by atoms with E-state index in [-0.39, 0.29) is 17.3 Å². The zero-order valence-corrected chi connectivity index (χ0v) is 15.0. The molecule has 6 heteroatoms. The number of amides is 1. The van der Waals surface area contributed by atoms with Gasteiger partial charge in [-0.15, -0.1) is 11.3 Å². The number of halogens is 1. The van der Waals surface area contributed by atoms with Crippen LogP contribution < -0.4 is 5.32 Å². The molecule has 0 aliphatic heterocycles. The Labute approximate surface area is 154 Å². The minimum absolute atomic E-state index is 0.269. The number of benzene rings is 2. The fourth-order valence-corrected chi connectivity index (χ4v) is 3.72. The molecule has 1 heterocycles. The monoisotopic (exact) mass is 369 g/mol. The Morgan fingerprint density at radius 3 is 2.31 bits per heavy atom. The molecule has 1 amide bonds. The van der Waals surface area contributed by atoms with Crippen LogP contribution >= 0.6 is 11.3 Å². The number of methoxy groups -OCH3 is 1. The molecule has 132 valence electrons. The van der Waals surface area contributed by atoms with Crippen LogP contribution in [-0.2, 0) is 4.74 Å². The molecule has 2 aromatic carbocycles. The van der Waals surface area contributed by atoms with Crippen molar-refractivity contribution >= 4 is 28.2 Å². The van der Waals surface area contributed by atoms with Crippen LogP contribution in [0.3, 0.4) is 0 Å². The molecule has 0 saturated carbocycles. The van der Waals surface area contributed by atoms with E-state index < -0.39 is 5.97 Å². The maximum Gasteiger partial charge on any atom is 0.341 e. The molecule has 1 N–H and O–H groups in total. The van der Waals surface area contributed by atoms with Crippen LogP contribution in [0.2, 0.25) is 0 Å². The summed E-state index contributed by atoms with van der Waals surface area (Å²) in [5, 5.41) is 3.19. The van der Waals surface area contributed by atoms with Crippen molar-refractivity contribution in [3.05, 3.63) is 76.4 Å². The van der Waals surface area contributed by atoms with Crippen molar-refractivity contribution in [2.75, 3.05) is 12.4 Å². The van der Waals surface area contributed by atoms with Gasteiger partial charge in [0.1, 0.15) is 16.4 Å². The molecule has 0 aliphatic carbocycles. The molecule has 3 rings (SSSR count). The van der Waals surface area contributed by atoms with Crippen molar-refractivity contribution in [3.8, 4) is 11.1 Å². The fraction of sp³-hybridized carbons (Fsp3) is 0.100. The zero-order chi connectivity index (χ0) is 18.7. The molecule has 1 aromatic heterocycles. The van der Waals surface area contributed by atoms with Crippen molar-refractivity contribution in [2.45, 2.75) is 6.92 Å². The number of hydrogen-bond acceptors (Lipinski definition) is 4. The maximum atomic E-state index is 13.2. The highest BCUT2D eigenvalue weighted by Gasteiger charge is 2.25. The Bertz CT molecular complexity index is 949. The molecular weight excluding hydrogens is 353 g/mol. The SMILES string of the molecule is COC(=O)c1c(NC(=O)c2ccccc2)sc(C)c1-c1ccc(F)cc1. The normalized spacial score (nSPS) is 10.4.